The molecule has 0 saturated heterocycles. The number of benzene rings is 1. The predicted octanol–water partition coefficient (Wildman–Crippen LogP) is 1.43. The SMILES string of the molecule is C[C@@H](C(=O)NC12CC1[C@H](NC(=O)COc1ccc(Cl)cc1)C2)N(C)C. The van der Waals surface area contributed by atoms with Gasteiger partial charge in [0.05, 0.1) is 6.04 Å². The highest BCUT2D eigenvalue weighted by Crippen LogP contribution is 2.59. The van der Waals surface area contributed by atoms with Crippen LogP contribution in [0.2, 0.25) is 5.02 Å². The molecule has 2 aliphatic rings. The standard InChI is InChI=1S/C18H24ClN3O3/c1-11(22(2)3)17(24)21-18-8-14(18)15(9-18)20-16(23)10-25-13-6-4-12(19)5-7-13/h4-7,11,14-15H,8-10H2,1-3H3,(H,20,23)(H,21,24)/t11-,14?,15+,18?/m0/s1. The molecule has 0 aromatic heterocycles. The number of nitrogens with one attached hydrogen (secondary N) is 2. The van der Waals surface area contributed by atoms with Crippen LogP contribution in [0.4, 0.5) is 0 Å². The number of likely N-dealkylation sites (N-methyl/N-ethyl adjacent to an activating group) is 1. The summed E-state index contributed by atoms with van der Waals surface area (Å²) in [6.07, 6.45) is 1.72. The lowest BCUT2D eigenvalue weighted by Crippen LogP contribution is -2.58. The fraction of sp³-hybridized carbons (Fsp3) is 0.556. The van der Waals surface area contributed by atoms with Gasteiger partial charge in [0.25, 0.3) is 5.91 Å². The number of hydrogen-bond donors (Lipinski definition) is 2. The van der Waals surface area contributed by atoms with Gasteiger partial charge in [-0.1, -0.05) is 11.6 Å². The van der Waals surface area contributed by atoms with Gasteiger partial charge in [-0.15, -0.1) is 0 Å². The van der Waals surface area contributed by atoms with Gasteiger partial charge in [-0.05, 0) is 58.1 Å². The van der Waals surface area contributed by atoms with E-state index in [2.05, 4.69) is 10.6 Å². The summed E-state index contributed by atoms with van der Waals surface area (Å²) in [7, 11) is 3.77. The molecule has 2 aliphatic carbocycles. The molecule has 0 radical (unpaired) electrons. The minimum absolute atomic E-state index is 0.0259. The third-order valence-electron chi connectivity index (χ3n) is 5.26. The van der Waals surface area contributed by atoms with E-state index in [4.69, 9.17) is 16.3 Å². The number of halogens is 1. The fourth-order valence-electron chi connectivity index (χ4n) is 3.33. The molecule has 0 heterocycles. The van der Waals surface area contributed by atoms with E-state index in [9.17, 15) is 9.59 Å². The highest BCUT2D eigenvalue weighted by atomic mass is 35.5. The van der Waals surface area contributed by atoms with Gasteiger partial charge < -0.3 is 15.4 Å². The maximum absolute atomic E-state index is 12.2. The normalized spacial score (nSPS) is 27.7. The van der Waals surface area contributed by atoms with E-state index in [0.29, 0.717) is 16.7 Å². The molecular weight excluding hydrogens is 342 g/mol. The van der Waals surface area contributed by atoms with Gasteiger partial charge >= 0.3 is 0 Å². The van der Waals surface area contributed by atoms with E-state index in [1.165, 1.54) is 0 Å². The molecule has 1 aromatic carbocycles. The van der Waals surface area contributed by atoms with Crippen molar-refractivity contribution in [3.05, 3.63) is 29.3 Å². The number of nitrogens with zero attached hydrogens (tertiary/aromatic N) is 1. The van der Waals surface area contributed by atoms with Crippen molar-refractivity contribution < 1.29 is 14.3 Å². The van der Waals surface area contributed by atoms with E-state index >= 15 is 0 Å². The first-order valence-corrected chi connectivity index (χ1v) is 8.85. The van der Waals surface area contributed by atoms with E-state index in [1.807, 2.05) is 25.9 Å². The first-order valence-electron chi connectivity index (χ1n) is 8.47. The van der Waals surface area contributed by atoms with Crippen LogP contribution in [-0.4, -0.2) is 55.0 Å². The Kier molecular flexibility index (Phi) is 4.93. The minimum Gasteiger partial charge on any atom is -0.484 e. The summed E-state index contributed by atoms with van der Waals surface area (Å²) < 4.78 is 5.44. The van der Waals surface area contributed by atoms with Crippen molar-refractivity contribution in [1.82, 2.24) is 15.5 Å². The quantitative estimate of drug-likeness (QED) is 0.767. The maximum atomic E-state index is 12.2. The first-order chi connectivity index (χ1) is 11.8. The molecule has 6 nitrogen and oxygen atoms in total. The third-order valence-corrected chi connectivity index (χ3v) is 5.51. The monoisotopic (exact) mass is 365 g/mol. The van der Waals surface area contributed by atoms with Gasteiger partial charge in [0.15, 0.2) is 6.61 Å². The average Bonchev–Trinajstić information content (AvgIpc) is 3.15. The lowest BCUT2D eigenvalue weighted by Gasteiger charge is -2.36. The van der Waals surface area contributed by atoms with Gasteiger partial charge in [0, 0.05) is 22.5 Å². The van der Waals surface area contributed by atoms with Crippen LogP contribution in [0.25, 0.3) is 0 Å². The van der Waals surface area contributed by atoms with Crippen molar-refractivity contribution in [2.24, 2.45) is 5.92 Å². The Bertz CT molecular complexity index is 664. The lowest BCUT2D eigenvalue weighted by molar-refractivity contribution is -0.127. The largest absolute Gasteiger partial charge is 0.484 e. The van der Waals surface area contributed by atoms with E-state index in [1.54, 1.807) is 24.3 Å². The van der Waals surface area contributed by atoms with Crippen molar-refractivity contribution >= 4 is 23.4 Å². The highest BCUT2D eigenvalue weighted by Gasteiger charge is 2.68. The van der Waals surface area contributed by atoms with Gasteiger partial charge in [0.2, 0.25) is 5.91 Å². The smallest absolute Gasteiger partial charge is 0.258 e. The first kappa shape index (κ1) is 18.0. The summed E-state index contributed by atoms with van der Waals surface area (Å²) in [6.45, 7) is 1.86. The zero-order valence-electron chi connectivity index (χ0n) is 14.7. The molecule has 2 saturated carbocycles. The zero-order chi connectivity index (χ0) is 18.2. The second-order valence-corrected chi connectivity index (χ2v) is 7.65. The second-order valence-electron chi connectivity index (χ2n) is 7.22. The maximum Gasteiger partial charge on any atom is 0.258 e. The molecule has 3 rings (SSSR count). The molecule has 2 fully saturated rings. The number of amides is 2. The minimum atomic E-state index is -0.156. The van der Waals surface area contributed by atoms with Crippen LogP contribution in [0.15, 0.2) is 24.3 Å². The summed E-state index contributed by atoms with van der Waals surface area (Å²) in [5.74, 6) is 0.848. The van der Waals surface area contributed by atoms with Crippen LogP contribution in [0.5, 0.6) is 5.75 Å². The number of carbonyl (C=O) groups is 2. The summed E-state index contributed by atoms with van der Waals surface area (Å²) in [5.41, 5.74) is -0.101. The molecule has 7 heteroatoms. The van der Waals surface area contributed by atoms with Crippen molar-refractivity contribution in [3.63, 3.8) is 0 Å². The average molecular weight is 366 g/mol. The summed E-state index contributed by atoms with van der Waals surface area (Å²) in [4.78, 5) is 26.1. The molecule has 0 spiro atoms. The van der Waals surface area contributed by atoms with Crippen LogP contribution in [0, 0.1) is 5.92 Å². The van der Waals surface area contributed by atoms with Crippen LogP contribution >= 0.6 is 11.6 Å². The van der Waals surface area contributed by atoms with Crippen LogP contribution in [0.3, 0.4) is 0 Å². The third kappa shape index (κ3) is 3.90. The highest BCUT2D eigenvalue weighted by molar-refractivity contribution is 6.30. The van der Waals surface area contributed by atoms with E-state index in [0.717, 1.165) is 12.8 Å². The van der Waals surface area contributed by atoms with E-state index < -0.39 is 0 Å². The summed E-state index contributed by atoms with van der Waals surface area (Å²) in [5, 5.41) is 6.75. The van der Waals surface area contributed by atoms with Gasteiger partial charge in [0.1, 0.15) is 5.75 Å². The number of carbonyl (C=O) groups excluding carboxylic acids is 2. The molecule has 0 bridgehead atoms. The molecule has 4 atom stereocenters. The number of fused-ring (bicyclic) bond motifs is 1. The number of hydrogen-bond acceptors (Lipinski definition) is 4. The lowest BCUT2D eigenvalue weighted by atomic mass is 9.86. The van der Waals surface area contributed by atoms with Gasteiger partial charge in [-0.2, -0.15) is 0 Å². The van der Waals surface area contributed by atoms with Gasteiger partial charge in [-0.3, -0.25) is 14.5 Å². The molecule has 1 aromatic rings. The molecule has 2 unspecified atom stereocenters. The van der Waals surface area contributed by atoms with Crippen molar-refractivity contribution in [3.8, 4) is 5.75 Å². The summed E-state index contributed by atoms with van der Waals surface area (Å²) in [6, 6.07) is 6.86. The topological polar surface area (TPSA) is 70.7 Å². The zero-order valence-corrected chi connectivity index (χ0v) is 15.5. The molecule has 2 amide bonds. The Morgan fingerprint density at radius 1 is 1.32 bits per heavy atom. The number of ether oxygens (including phenoxy) is 1. The molecule has 25 heavy (non-hydrogen) atoms. The Morgan fingerprint density at radius 3 is 2.60 bits per heavy atom. The number of rotatable bonds is 7. The van der Waals surface area contributed by atoms with Crippen molar-refractivity contribution in [1.29, 1.82) is 0 Å². The van der Waals surface area contributed by atoms with Gasteiger partial charge in [-0.25, -0.2) is 0 Å². The Hall–Kier alpha value is -1.79. The van der Waals surface area contributed by atoms with Crippen molar-refractivity contribution in [2.45, 2.75) is 37.4 Å². The molecule has 136 valence electrons. The fourth-order valence-corrected chi connectivity index (χ4v) is 3.45. The Balaban J connectivity index is 1.39. The Morgan fingerprint density at radius 2 is 2.00 bits per heavy atom. The van der Waals surface area contributed by atoms with E-state index in [-0.39, 0.29) is 36.0 Å². The predicted molar refractivity (Wildman–Crippen MR) is 95.6 cm³/mol. The van der Waals surface area contributed by atoms with Crippen LogP contribution < -0.4 is 15.4 Å². The molecular formula is C18H24ClN3O3. The second kappa shape index (κ2) is 6.84. The van der Waals surface area contributed by atoms with Crippen LogP contribution in [-0.2, 0) is 9.59 Å². The molecule has 0 aliphatic heterocycles. The van der Waals surface area contributed by atoms with Crippen molar-refractivity contribution in [2.75, 3.05) is 20.7 Å². The Labute approximate surface area is 152 Å². The van der Waals surface area contributed by atoms with Crippen LogP contribution in [0.1, 0.15) is 19.8 Å². The summed E-state index contributed by atoms with van der Waals surface area (Å²) >= 11 is 5.81. The molecule has 2 N–H and O–H groups in total.